The van der Waals surface area contributed by atoms with Gasteiger partial charge < -0.3 is 0 Å². The molecule has 1 rings (SSSR count). The van der Waals surface area contributed by atoms with Crippen molar-refractivity contribution in [3.05, 3.63) is 23.3 Å². The van der Waals surface area contributed by atoms with Crippen LogP contribution in [0.25, 0.3) is 0 Å². The van der Waals surface area contributed by atoms with E-state index in [9.17, 15) is 9.69 Å². The van der Waals surface area contributed by atoms with Crippen LogP contribution in [0.1, 0.15) is 6.92 Å². The second kappa shape index (κ2) is 2.19. The Bertz CT molecular complexity index is 231. The normalized spacial score (nSPS) is 24.0. The SMILES string of the molecule is CC1=C[PH](O)(C(=O)O)C=C1. The first-order valence-corrected chi connectivity index (χ1v) is 4.99. The predicted octanol–water partition coefficient (Wildman–Crippen LogP) is 1.75. The van der Waals surface area contributed by atoms with E-state index in [1.165, 1.54) is 11.6 Å². The van der Waals surface area contributed by atoms with E-state index in [0.717, 1.165) is 5.57 Å². The van der Waals surface area contributed by atoms with Crippen LogP contribution < -0.4 is 0 Å². The van der Waals surface area contributed by atoms with Gasteiger partial charge in [-0.3, -0.25) is 0 Å². The molecule has 4 heteroatoms. The van der Waals surface area contributed by atoms with Gasteiger partial charge in [0.25, 0.3) is 0 Å². The number of carbonyl (C=O) groups is 1. The van der Waals surface area contributed by atoms with Crippen LogP contribution in [-0.2, 0) is 0 Å². The van der Waals surface area contributed by atoms with Gasteiger partial charge in [-0.15, -0.1) is 0 Å². The van der Waals surface area contributed by atoms with Crippen LogP contribution in [0.5, 0.6) is 0 Å². The van der Waals surface area contributed by atoms with Crippen LogP contribution in [0.2, 0.25) is 0 Å². The van der Waals surface area contributed by atoms with Crippen molar-refractivity contribution in [2.24, 2.45) is 0 Å². The molecule has 0 saturated heterocycles. The molecule has 1 heterocycles. The van der Waals surface area contributed by atoms with Gasteiger partial charge in [0, 0.05) is 0 Å². The van der Waals surface area contributed by atoms with Crippen LogP contribution in [0.15, 0.2) is 23.3 Å². The first-order valence-electron chi connectivity index (χ1n) is 2.89. The molecule has 0 atom stereocenters. The van der Waals surface area contributed by atoms with Gasteiger partial charge in [0.05, 0.1) is 0 Å². The monoisotopic (exact) mass is 160 g/mol. The van der Waals surface area contributed by atoms with E-state index in [4.69, 9.17) is 5.11 Å². The summed E-state index contributed by atoms with van der Waals surface area (Å²) in [4.78, 5) is 19.7. The van der Waals surface area contributed by atoms with Gasteiger partial charge >= 0.3 is 58.2 Å². The molecule has 56 valence electrons. The van der Waals surface area contributed by atoms with E-state index in [-0.39, 0.29) is 0 Å². The summed E-state index contributed by atoms with van der Waals surface area (Å²) >= 11 is 0. The van der Waals surface area contributed by atoms with Crippen molar-refractivity contribution in [2.45, 2.75) is 6.92 Å². The Morgan fingerprint density at radius 3 is 2.50 bits per heavy atom. The summed E-state index contributed by atoms with van der Waals surface area (Å²) in [5.41, 5.74) is -0.267. The van der Waals surface area contributed by atoms with Crippen molar-refractivity contribution in [3.8, 4) is 0 Å². The quantitative estimate of drug-likeness (QED) is 0.574. The molecule has 10 heavy (non-hydrogen) atoms. The third-order valence-electron chi connectivity index (χ3n) is 1.39. The van der Waals surface area contributed by atoms with E-state index in [1.54, 1.807) is 13.0 Å². The minimum absolute atomic E-state index is 0.830. The summed E-state index contributed by atoms with van der Waals surface area (Å²) in [5.74, 6) is 2.83. The Labute approximate surface area is 59.1 Å². The molecule has 0 aromatic rings. The summed E-state index contributed by atoms with van der Waals surface area (Å²) in [6, 6.07) is 0. The number of rotatable bonds is 1. The summed E-state index contributed by atoms with van der Waals surface area (Å²) < 4.78 is 0. The van der Waals surface area contributed by atoms with E-state index >= 15 is 0 Å². The summed E-state index contributed by atoms with van der Waals surface area (Å²) in [7, 11) is -3.15. The number of hydrogen-bond donors (Lipinski definition) is 2. The third-order valence-corrected chi connectivity index (χ3v) is 3.65. The van der Waals surface area contributed by atoms with Gasteiger partial charge in [-0.1, -0.05) is 0 Å². The molecule has 0 aliphatic carbocycles. The molecule has 0 spiro atoms. The number of allylic oxidation sites excluding steroid dienone is 2. The Morgan fingerprint density at radius 2 is 2.30 bits per heavy atom. The molecule has 0 radical (unpaired) electrons. The fourth-order valence-corrected chi connectivity index (χ4v) is 2.50. The van der Waals surface area contributed by atoms with E-state index in [2.05, 4.69) is 0 Å². The third kappa shape index (κ3) is 1.11. The Hall–Kier alpha value is -0.660. The molecule has 0 fully saturated rings. The molecule has 1 aliphatic rings. The van der Waals surface area contributed by atoms with Crippen molar-refractivity contribution < 1.29 is 14.8 Å². The number of hydrogen-bond acceptors (Lipinski definition) is 2. The second-order valence-corrected chi connectivity index (χ2v) is 5.05. The average molecular weight is 160 g/mol. The Balaban J connectivity index is 2.95. The molecule has 0 aromatic heterocycles. The van der Waals surface area contributed by atoms with Crippen LogP contribution >= 0.6 is 7.49 Å². The molecule has 0 aromatic carbocycles. The predicted molar refractivity (Wildman–Crippen MR) is 41.5 cm³/mol. The molecular weight excluding hydrogens is 151 g/mol. The molecule has 0 saturated carbocycles. The molecule has 0 amide bonds. The second-order valence-electron chi connectivity index (χ2n) is 2.35. The molecular formula is C6H9O3P. The Kier molecular flexibility index (Phi) is 1.63. The summed E-state index contributed by atoms with van der Waals surface area (Å²) in [6.07, 6.45) is 1.64. The zero-order chi connectivity index (χ0) is 7.78. The van der Waals surface area contributed by atoms with Crippen molar-refractivity contribution in [2.75, 3.05) is 0 Å². The first-order chi connectivity index (χ1) is 4.54. The van der Waals surface area contributed by atoms with E-state index in [1.807, 2.05) is 0 Å². The summed E-state index contributed by atoms with van der Waals surface area (Å²) in [6.45, 7) is 1.77. The zero-order valence-electron chi connectivity index (χ0n) is 5.53. The topological polar surface area (TPSA) is 57.5 Å². The fraction of sp³-hybridized carbons (Fsp3) is 0.167. The standard InChI is InChI=1S/C6H9O3P/c1-5-2-3-10(9,4-5)6(7)8/h2-4,9-10H,1H3,(H,7,8). The summed E-state index contributed by atoms with van der Waals surface area (Å²) in [5, 5.41) is 8.51. The van der Waals surface area contributed by atoms with Gasteiger partial charge in [0.2, 0.25) is 0 Å². The van der Waals surface area contributed by atoms with Crippen LogP contribution in [0, 0.1) is 0 Å². The van der Waals surface area contributed by atoms with Gasteiger partial charge in [-0.05, 0) is 0 Å². The minimum atomic E-state index is -3.15. The van der Waals surface area contributed by atoms with Gasteiger partial charge in [0.15, 0.2) is 0 Å². The van der Waals surface area contributed by atoms with Crippen molar-refractivity contribution >= 4 is 13.2 Å². The van der Waals surface area contributed by atoms with Crippen molar-refractivity contribution in [1.29, 1.82) is 0 Å². The molecule has 1 aliphatic heterocycles. The maximum absolute atomic E-state index is 10.4. The van der Waals surface area contributed by atoms with Gasteiger partial charge in [-0.25, -0.2) is 0 Å². The van der Waals surface area contributed by atoms with E-state index in [0.29, 0.717) is 0 Å². The van der Waals surface area contributed by atoms with Crippen LogP contribution in [0.4, 0.5) is 4.79 Å². The van der Waals surface area contributed by atoms with Crippen molar-refractivity contribution in [1.82, 2.24) is 0 Å². The maximum atomic E-state index is 10.4. The molecule has 2 N–H and O–H groups in total. The van der Waals surface area contributed by atoms with Gasteiger partial charge in [-0.2, -0.15) is 0 Å². The fourth-order valence-electron chi connectivity index (χ4n) is 0.835. The average Bonchev–Trinajstić information content (AvgIpc) is 2.13. The van der Waals surface area contributed by atoms with Crippen molar-refractivity contribution in [3.63, 3.8) is 0 Å². The molecule has 0 unspecified atom stereocenters. The molecule has 0 bridgehead atoms. The first kappa shape index (κ1) is 7.45. The van der Waals surface area contributed by atoms with Crippen LogP contribution in [0.3, 0.4) is 0 Å². The van der Waals surface area contributed by atoms with Gasteiger partial charge in [0.1, 0.15) is 0 Å². The Morgan fingerprint density at radius 1 is 1.70 bits per heavy atom. The number of carboxylic acid groups (broad SMARTS) is 1. The van der Waals surface area contributed by atoms with Crippen LogP contribution in [-0.4, -0.2) is 15.7 Å². The zero-order valence-corrected chi connectivity index (χ0v) is 6.53. The van der Waals surface area contributed by atoms with E-state index < -0.39 is 13.2 Å². The molecule has 3 nitrogen and oxygen atoms in total.